The third kappa shape index (κ3) is 3.98. The highest BCUT2D eigenvalue weighted by atomic mass is 16.5. The molecule has 0 heterocycles. The molecule has 0 bridgehead atoms. The van der Waals surface area contributed by atoms with E-state index in [0.717, 1.165) is 12.1 Å². The lowest BCUT2D eigenvalue weighted by Crippen LogP contribution is -2.29. The Hall–Kier alpha value is -1.71. The Kier molecular flexibility index (Phi) is 5.33. The van der Waals surface area contributed by atoms with E-state index in [-0.39, 0.29) is 0 Å². The number of anilines is 1. The fraction of sp³-hybridized carbons (Fsp3) is 0.462. The Bertz CT molecular complexity index is 365. The van der Waals surface area contributed by atoms with Crippen molar-refractivity contribution in [3.8, 4) is 5.75 Å². The van der Waals surface area contributed by atoms with Gasteiger partial charge in [0.1, 0.15) is 11.8 Å². The van der Waals surface area contributed by atoms with Crippen molar-refractivity contribution in [1.29, 1.82) is 0 Å². The molecule has 4 nitrogen and oxygen atoms in total. The molecule has 0 aromatic heterocycles. The monoisotopic (exact) mass is 237 g/mol. The highest BCUT2D eigenvalue weighted by Crippen LogP contribution is 2.25. The molecule has 0 unspecified atom stereocenters. The summed E-state index contributed by atoms with van der Waals surface area (Å²) in [6.07, 6.45) is 1.41. The molecule has 1 aromatic rings. The zero-order valence-electron chi connectivity index (χ0n) is 10.3. The molecule has 0 fully saturated rings. The summed E-state index contributed by atoms with van der Waals surface area (Å²) in [5, 5.41) is 12.1. The molecule has 1 rings (SSSR count). The average Bonchev–Trinajstić information content (AvgIpc) is 2.31. The number of hydrogen-bond acceptors (Lipinski definition) is 3. The van der Waals surface area contributed by atoms with Crippen LogP contribution in [0.3, 0.4) is 0 Å². The van der Waals surface area contributed by atoms with Crippen molar-refractivity contribution in [2.45, 2.75) is 32.7 Å². The molecule has 4 heteroatoms. The van der Waals surface area contributed by atoms with Gasteiger partial charge in [0.05, 0.1) is 12.3 Å². The Morgan fingerprint density at radius 2 is 2.12 bits per heavy atom. The molecule has 0 aliphatic carbocycles. The van der Waals surface area contributed by atoms with E-state index in [2.05, 4.69) is 5.32 Å². The van der Waals surface area contributed by atoms with Crippen LogP contribution < -0.4 is 10.1 Å². The van der Waals surface area contributed by atoms with Gasteiger partial charge in [0.15, 0.2) is 0 Å². The van der Waals surface area contributed by atoms with Crippen LogP contribution in [0.2, 0.25) is 0 Å². The van der Waals surface area contributed by atoms with Crippen molar-refractivity contribution in [1.82, 2.24) is 0 Å². The van der Waals surface area contributed by atoms with Crippen molar-refractivity contribution >= 4 is 11.7 Å². The molecule has 17 heavy (non-hydrogen) atoms. The number of benzene rings is 1. The number of rotatable bonds is 7. The van der Waals surface area contributed by atoms with Gasteiger partial charge in [0, 0.05) is 0 Å². The average molecular weight is 237 g/mol. The summed E-state index contributed by atoms with van der Waals surface area (Å²) in [6, 6.07) is 6.82. The molecule has 0 aliphatic heterocycles. The predicted molar refractivity (Wildman–Crippen MR) is 67.6 cm³/mol. The van der Waals surface area contributed by atoms with Gasteiger partial charge in [-0.25, -0.2) is 4.79 Å². The summed E-state index contributed by atoms with van der Waals surface area (Å²) in [7, 11) is 0. The quantitative estimate of drug-likeness (QED) is 0.765. The topological polar surface area (TPSA) is 58.6 Å². The van der Waals surface area contributed by atoms with Crippen molar-refractivity contribution in [3.63, 3.8) is 0 Å². The van der Waals surface area contributed by atoms with Gasteiger partial charge in [-0.15, -0.1) is 0 Å². The molecule has 0 spiro atoms. The summed E-state index contributed by atoms with van der Waals surface area (Å²) < 4.78 is 5.44. The van der Waals surface area contributed by atoms with Crippen molar-refractivity contribution in [3.05, 3.63) is 24.3 Å². The van der Waals surface area contributed by atoms with Crippen LogP contribution in [0.25, 0.3) is 0 Å². The van der Waals surface area contributed by atoms with Gasteiger partial charge >= 0.3 is 5.97 Å². The Morgan fingerprint density at radius 3 is 2.71 bits per heavy atom. The van der Waals surface area contributed by atoms with E-state index in [1.54, 1.807) is 0 Å². The van der Waals surface area contributed by atoms with Crippen molar-refractivity contribution in [2.24, 2.45) is 0 Å². The Labute approximate surface area is 102 Å². The molecular weight excluding hydrogens is 218 g/mol. The van der Waals surface area contributed by atoms with E-state index >= 15 is 0 Å². The molecule has 1 atom stereocenters. The molecule has 0 saturated heterocycles. The van der Waals surface area contributed by atoms with Crippen LogP contribution in [-0.2, 0) is 4.79 Å². The van der Waals surface area contributed by atoms with Crippen LogP contribution in [0.5, 0.6) is 5.75 Å². The van der Waals surface area contributed by atoms with Gasteiger partial charge in [-0.05, 0) is 25.5 Å². The van der Waals surface area contributed by atoms with E-state index in [4.69, 9.17) is 9.84 Å². The molecule has 94 valence electrons. The van der Waals surface area contributed by atoms with Crippen LogP contribution in [0.4, 0.5) is 5.69 Å². The lowest BCUT2D eigenvalue weighted by atomic mass is 10.1. The van der Waals surface area contributed by atoms with Crippen LogP contribution in [0.15, 0.2) is 24.3 Å². The molecule has 0 saturated carbocycles. The number of ether oxygens (including phenoxy) is 1. The molecule has 0 aliphatic rings. The van der Waals surface area contributed by atoms with Gasteiger partial charge < -0.3 is 15.2 Å². The summed E-state index contributed by atoms with van der Waals surface area (Å²) in [5.74, 6) is -0.143. The molecular formula is C13H19NO3. The van der Waals surface area contributed by atoms with Gasteiger partial charge in [-0.3, -0.25) is 0 Å². The summed E-state index contributed by atoms with van der Waals surface area (Å²) in [6.45, 7) is 4.42. The number of aliphatic carboxylic acids is 1. The normalized spacial score (nSPS) is 11.9. The van der Waals surface area contributed by atoms with Crippen molar-refractivity contribution in [2.75, 3.05) is 11.9 Å². The smallest absolute Gasteiger partial charge is 0.326 e. The minimum absolute atomic E-state index is 0.560. The van der Waals surface area contributed by atoms with Crippen LogP contribution >= 0.6 is 0 Å². The number of carbonyl (C=O) groups is 1. The summed E-state index contributed by atoms with van der Waals surface area (Å²) in [5.41, 5.74) is 0.732. The first-order valence-electron chi connectivity index (χ1n) is 5.90. The SMILES string of the molecule is CCC[C@@H](Nc1ccccc1OCC)C(=O)O. The zero-order valence-corrected chi connectivity index (χ0v) is 10.3. The Morgan fingerprint density at radius 1 is 1.41 bits per heavy atom. The lowest BCUT2D eigenvalue weighted by Gasteiger charge is -2.17. The highest BCUT2D eigenvalue weighted by molar-refractivity contribution is 5.78. The molecule has 0 amide bonds. The first kappa shape index (κ1) is 13.4. The third-order valence-electron chi connectivity index (χ3n) is 2.39. The minimum Gasteiger partial charge on any atom is -0.492 e. The summed E-state index contributed by atoms with van der Waals surface area (Å²) >= 11 is 0. The first-order chi connectivity index (χ1) is 8.19. The maximum absolute atomic E-state index is 11.1. The van der Waals surface area contributed by atoms with Crippen LogP contribution in [-0.4, -0.2) is 23.7 Å². The van der Waals surface area contributed by atoms with Gasteiger partial charge in [-0.2, -0.15) is 0 Å². The van der Waals surface area contributed by atoms with Crippen LogP contribution in [0, 0.1) is 0 Å². The fourth-order valence-electron chi connectivity index (χ4n) is 1.60. The van der Waals surface area contributed by atoms with Gasteiger partial charge in [0.2, 0.25) is 0 Å². The number of hydrogen-bond donors (Lipinski definition) is 2. The summed E-state index contributed by atoms with van der Waals surface area (Å²) in [4.78, 5) is 11.1. The standard InChI is InChI=1S/C13H19NO3/c1-3-7-11(13(15)16)14-10-8-5-6-9-12(10)17-4-2/h5-6,8-9,11,14H,3-4,7H2,1-2H3,(H,15,16)/t11-/m1/s1. The largest absolute Gasteiger partial charge is 0.492 e. The van der Waals surface area contributed by atoms with Gasteiger partial charge in [0.25, 0.3) is 0 Å². The fourth-order valence-corrected chi connectivity index (χ4v) is 1.60. The minimum atomic E-state index is -0.835. The van der Waals surface area contributed by atoms with E-state index in [9.17, 15) is 4.79 Å². The third-order valence-corrected chi connectivity index (χ3v) is 2.39. The van der Waals surface area contributed by atoms with Crippen LogP contribution in [0.1, 0.15) is 26.7 Å². The predicted octanol–water partition coefficient (Wildman–Crippen LogP) is 2.75. The maximum Gasteiger partial charge on any atom is 0.326 e. The second kappa shape index (κ2) is 6.78. The molecule has 0 radical (unpaired) electrons. The molecule has 2 N–H and O–H groups in total. The highest BCUT2D eigenvalue weighted by Gasteiger charge is 2.17. The zero-order chi connectivity index (χ0) is 12.7. The lowest BCUT2D eigenvalue weighted by molar-refractivity contribution is -0.138. The number of carboxylic acid groups (broad SMARTS) is 1. The number of nitrogens with one attached hydrogen (secondary N) is 1. The molecule has 1 aromatic carbocycles. The number of para-hydroxylation sites is 2. The first-order valence-corrected chi connectivity index (χ1v) is 5.90. The second-order valence-corrected chi connectivity index (χ2v) is 3.75. The maximum atomic E-state index is 11.1. The van der Waals surface area contributed by atoms with E-state index in [1.807, 2.05) is 38.1 Å². The van der Waals surface area contributed by atoms with E-state index in [1.165, 1.54) is 0 Å². The van der Waals surface area contributed by atoms with Gasteiger partial charge in [-0.1, -0.05) is 25.5 Å². The number of carboxylic acids is 1. The van der Waals surface area contributed by atoms with E-state index in [0.29, 0.717) is 18.8 Å². The second-order valence-electron chi connectivity index (χ2n) is 3.75. The Balaban J connectivity index is 2.80. The van der Waals surface area contributed by atoms with E-state index < -0.39 is 12.0 Å². The van der Waals surface area contributed by atoms with Crippen molar-refractivity contribution < 1.29 is 14.6 Å².